The SMILES string of the molecule is CCn1ccnc1C(=O)C(CC)(CC)OC. The highest BCUT2D eigenvalue weighted by atomic mass is 16.5. The van der Waals surface area contributed by atoms with Crippen LogP contribution in [0, 0.1) is 0 Å². The molecule has 0 bridgehead atoms. The van der Waals surface area contributed by atoms with Crippen molar-refractivity contribution in [2.24, 2.45) is 0 Å². The van der Waals surface area contributed by atoms with Crippen LogP contribution in [0.25, 0.3) is 0 Å². The minimum absolute atomic E-state index is 0.0214. The third-order valence-corrected chi connectivity index (χ3v) is 3.21. The summed E-state index contributed by atoms with van der Waals surface area (Å²) in [7, 11) is 1.59. The summed E-state index contributed by atoms with van der Waals surface area (Å²) in [5, 5.41) is 0. The lowest BCUT2D eigenvalue weighted by Gasteiger charge is -2.28. The predicted molar refractivity (Wildman–Crippen MR) is 62.6 cm³/mol. The number of carbonyl (C=O) groups excluding carboxylic acids is 1. The third kappa shape index (κ3) is 2.02. The quantitative estimate of drug-likeness (QED) is 0.696. The molecule has 0 saturated carbocycles. The minimum Gasteiger partial charge on any atom is -0.370 e. The maximum atomic E-state index is 12.4. The van der Waals surface area contributed by atoms with Gasteiger partial charge in [0, 0.05) is 26.0 Å². The summed E-state index contributed by atoms with van der Waals surface area (Å²) in [6.07, 6.45) is 4.80. The molecule has 0 unspecified atom stereocenters. The molecule has 1 aromatic heterocycles. The topological polar surface area (TPSA) is 44.1 Å². The van der Waals surface area contributed by atoms with Crippen LogP contribution in [0.15, 0.2) is 12.4 Å². The number of ether oxygens (including phenoxy) is 1. The molecule has 0 aliphatic carbocycles. The molecule has 0 N–H and O–H groups in total. The Morgan fingerprint density at radius 1 is 1.44 bits per heavy atom. The van der Waals surface area contributed by atoms with Crippen LogP contribution in [0.4, 0.5) is 0 Å². The number of Topliss-reactive ketones (excluding diaryl/α,β-unsaturated/α-hetero) is 1. The lowest BCUT2D eigenvalue weighted by molar-refractivity contribution is -0.00376. The smallest absolute Gasteiger partial charge is 0.229 e. The van der Waals surface area contributed by atoms with Crippen molar-refractivity contribution in [3.05, 3.63) is 18.2 Å². The molecule has 1 heterocycles. The van der Waals surface area contributed by atoms with Crippen molar-refractivity contribution in [2.75, 3.05) is 7.11 Å². The van der Waals surface area contributed by atoms with Crippen LogP contribution in [-0.4, -0.2) is 28.0 Å². The fourth-order valence-corrected chi connectivity index (χ4v) is 1.93. The summed E-state index contributed by atoms with van der Waals surface area (Å²) in [5.74, 6) is 0.472. The Hall–Kier alpha value is -1.16. The van der Waals surface area contributed by atoms with Crippen molar-refractivity contribution in [2.45, 2.75) is 45.8 Å². The number of imidazole rings is 1. The maximum absolute atomic E-state index is 12.4. The van der Waals surface area contributed by atoms with E-state index in [2.05, 4.69) is 4.98 Å². The number of ketones is 1. The molecule has 4 heteroatoms. The second kappa shape index (κ2) is 5.25. The fraction of sp³-hybridized carbons (Fsp3) is 0.667. The molecular formula is C12H20N2O2. The van der Waals surface area contributed by atoms with E-state index in [9.17, 15) is 4.79 Å². The first kappa shape index (κ1) is 12.9. The van der Waals surface area contributed by atoms with Crippen molar-refractivity contribution in [3.8, 4) is 0 Å². The van der Waals surface area contributed by atoms with Gasteiger partial charge in [-0.25, -0.2) is 4.98 Å². The van der Waals surface area contributed by atoms with E-state index in [-0.39, 0.29) is 5.78 Å². The van der Waals surface area contributed by atoms with Gasteiger partial charge in [0.05, 0.1) is 0 Å². The number of hydrogen-bond acceptors (Lipinski definition) is 3. The lowest BCUT2D eigenvalue weighted by Crippen LogP contribution is -2.41. The molecule has 0 amide bonds. The molecule has 0 saturated heterocycles. The monoisotopic (exact) mass is 224 g/mol. The molecule has 1 rings (SSSR count). The first-order valence-corrected chi connectivity index (χ1v) is 5.76. The Kier molecular flexibility index (Phi) is 4.24. The van der Waals surface area contributed by atoms with E-state index in [1.54, 1.807) is 13.3 Å². The molecule has 0 spiro atoms. The Morgan fingerprint density at radius 2 is 2.06 bits per heavy atom. The van der Waals surface area contributed by atoms with Gasteiger partial charge in [0.1, 0.15) is 5.60 Å². The Morgan fingerprint density at radius 3 is 2.50 bits per heavy atom. The van der Waals surface area contributed by atoms with Gasteiger partial charge in [-0.1, -0.05) is 13.8 Å². The van der Waals surface area contributed by atoms with Gasteiger partial charge in [0.2, 0.25) is 5.78 Å². The maximum Gasteiger partial charge on any atom is 0.229 e. The van der Waals surface area contributed by atoms with Gasteiger partial charge in [0.25, 0.3) is 0 Å². The fourth-order valence-electron chi connectivity index (χ4n) is 1.93. The lowest BCUT2D eigenvalue weighted by atomic mass is 9.91. The highest BCUT2D eigenvalue weighted by molar-refractivity contribution is 5.99. The van der Waals surface area contributed by atoms with Crippen molar-refractivity contribution in [1.82, 2.24) is 9.55 Å². The number of aromatic nitrogens is 2. The third-order valence-electron chi connectivity index (χ3n) is 3.21. The number of methoxy groups -OCH3 is 1. The number of carbonyl (C=O) groups is 1. The van der Waals surface area contributed by atoms with Crippen LogP contribution in [-0.2, 0) is 11.3 Å². The molecule has 90 valence electrons. The summed E-state index contributed by atoms with van der Waals surface area (Å²) < 4.78 is 7.27. The average Bonchev–Trinajstić information content (AvgIpc) is 2.79. The van der Waals surface area contributed by atoms with Gasteiger partial charge in [-0.3, -0.25) is 4.79 Å². The zero-order chi connectivity index (χ0) is 12.2. The molecule has 0 aliphatic rings. The van der Waals surface area contributed by atoms with Crippen LogP contribution in [0.2, 0.25) is 0 Å². The standard InChI is InChI=1S/C12H20N2O2/c1-5-12(6-2,16-4)10(15)11-13-8-9-14(11)7-3/h8-9H,5-7H2,1-4H3. The average molecular weight is 224 g/mol. The highest BCUT2D eigenvalue weighted by Gasteiger charge is 2.37. The summed E-state index contributed by atoms with van der Waals surface area (Å²) in [6, 6.07) is 0. The molecule has 4 nitrogen and oxygen atoms in total. The van der Waals surface area contributed by atoms with Crippen LogP contribution < -0.4 is 0 Å². The zero-order valence-corrected chi connectivity index (χ0v) is 10.5. The number of rotatable bonds is 6. The minimum atomic E-state index is -0.724. The summed E-state index contributed by atoms with van der Waals surface area (Å²) in [6.45, 7) is 6.66. The van der Waals surface area contributed by atoms with Crippen molar-refractivity contribution < 1.29 is 9.53 Å². The van der Waals surface area contributed by atoms with E-state index in [0.717, 1.165) is 6.54 Å². The Balaban J connectivity index is 3.08. The van der Waals surface area contributed by atoms with E-state index in [4.69, 9.17) is 4.74 Å². The molecule has 0 aliphatic heterocycles. The summed E-state index contributed by atoms with van der Waals surface area (Å²) >= 11 is 0. The van der Waals surface area contributed by atoms with Gasteiger partial charge in [-0.15, -0.1) is 0 Å². The van der Waals surface area contributed by atoms with E-state index >= 15 is 0 Å². The van der Waals surface area contributed by atoms with Crippen LogP contribution >= 0.6 is 0 Å². The van der Waals surface area contributed by atoms with Crippen LogP contribution in [0.1, 0.15) is 44.2 Å². The normalized spacial score (nSPS) is 11.8. The van der Waals surface area contributed by atoms with Crippen LogP contribution in [0.5, 0.6) is 0 Å². The van der Waals surface area contributed by atoms with Crippen molar-refractivity contribution >= 4 is 5.78 Å². The second-order valence-corrected chi connectivity index (χ2v) is 3.77. The number of hydrogen-bond donors (Lipinski definition) is 0. The van der Waals surface area contributed by atoms with Gasteiger partial charge < -0.3 is 9.30 Å². The molecule has 0 aromatic carbocycles. The first-order valence-electron chi connectivity index (χ1n) is 5.76. The summed E-state index contributed by atoms with van der Waals surface area (Å²) in [5.41, 5.74) is -0.724. The van der Waals surface area contributed by atoms with Crippen LogP contribution in [0.3, 0.4) is 0 Å². The van der Waals surface area contributed by atoms with E-state index in [1.165, 1.54) is 0 Å². The molecular weight excluding hydrogens is 204 g/mol. The van der Waals surface area contributed by atoms with Crippen molar-refractivity contribution in [3.63, 3.8) is 0 Å². The first-order chi connectivity index (χ1) is 7.65. The molecule has 0 fully saturated rings. The zero-order valence-electron chi connectivity index (χ0n) is 10.5. The van der Waals surface area contributed by atoms with E-state index < -0.39 is 5.60 Å². The number of aryl methyl sites for hydroxylation is 1. The molecule has 0 radical (unpaired) electrons. The second-order valence-electron chi connectivity index (χ2n) is 3.77. The Labute approximate surface area is 96.6 Å². The van der Waals surface area contributed by atoms with E-state index in [1.807, 2.05) is 31.5 Å². The highest BCUT2D eigenvalue weighted by Crippen LogP contribution is 2.24. The van der Waals surface area contributed by atoms with Crippen molar-refractivity contribution in [1.29, 1.82) is 0 Å². The number of nitrogens with zero attached hydrogens (tertiary/aromatic N) is 2. The van der Waals surface area contributed by atoms with Gasteiger partial charge in [-0.05, 0) is 19.8 Å². The predicted octanol–water partition coefficient (Wildman–Crippen LogP) is 2.29. The largest absolute Gasteiger partial charge is 0.370 e. The summed E-state index contributed by atoms with van der Waals surface area (Å²) in [4.78, 5) is 16.5. The Bertz CT molecular complexity index is 345. The van der Waals surface area contributed by atoms with E-state index in [0.29, 0.717) is 18.7 Å². The van der Waals surface area contributed by atoms with Gasteiger partial charge >= 0.3 is 0 Å². The van der Waals surface area contributed by atoms with Gasteiger partial charge in [0.15, 0.2) is 5.82 Å². The molecule has 16 heavy (non-hydrogen) atoms. The molecule has 0 atom stereocenters. The molecule has 1 aromatic rings. The van der Waals surface area contributed by atoms with Gasteiger partial charge in [-0.2, -0.15) is 0 Å².